The molecule has 0 aromatic rings. The molecule has 1 amide bonds. The lowest BCUT2D eigenvalue weighted by Crippen LogP contribution is -2.53. The molecule has 5 heteroatoms. The molecule has 1 atom stereocenters. The first-order chi connectivity index (χ1) is 7.83. The minimum absolute atomic E-state index is 0.0615. The van der Waals surface area contributed by atoms with Crippen LogP contribution in [0.1, 0.15) is 40.0 Å². The lowest BCUT2D eigenvalue weighted by Gasteiger charge is -2.27. The van der Waals surface area contributed by atoms with Gasteiger partial charge < -0.3 is 10.4 Å². The highest BCUT2D eigenvalue weighted by Gasteiger charge is 2.34. The van der Waals surface area contributed by atoms with Crippen molar-refractivity contribution in [3.63, 3.8) is 0 Å². The van der Waals surface area contributed by atoms with Gasteiger partial charge in [0.15, 0.2) is 0 Å². The number of rotatable bonds is 7. The van der Waals surface area contributed by atoms with Crippen molar-refractivity contribution in [3.8, 4) is 0 Å². The summed E-state index contributed by atoms with van der Waals surface area (Å²) >= 11 is 0. The van der Waals surface area contributed by atoms with Gasteiger partial charge in [0.25, 0.3) is 0 Å². The van der Waals surface area contributed by atoms with E-state index >= 15 is 0 Å². The molecule has 1 saturated carbocycles. The van der Waals surface area contributed by atoms with Gasteiger partial charge in [0.05, 0.1) is 6.54 Å². The van der Waals surface area contributed by atoms with Gasteiger partial charge in [-0.2, -0.15) is 0 Å². The lowest BCUT2D eigenvalue weighted by molar-refractivity contribution is -0.145. The molecule has 0 radical (unpaired) electrons. The second kappa shape index (κ2) is 5.49. The van der Waals surface area contributed by atoms with Crippen LogP contribution in [0.4, 0.5) is 0 Å². The number of carbonyl (C=O) groups is 2. The molecule has 0 saturated heterocycles. The third-order valence-electron chi connectivity index (χ3n) is 2.87. The van der Waals surface area contributed by atoms with Crippen molar-refractivity contribution in [2.75, 3.05) is 6.54 Å². The number of hydrogen-bond donors (Lipinski definition) is 3. The van der Waals surface area contributed by atoms with E-state index < -0.39 is 11.5 Å². The molecule has 98 valence electrons. The average Bonchev–Trinajstić information content (AvgIpc) is 2.97. The summed E-state index contributed by atoms with van der Waals surface area (Å²) in [6.45, 7) is 5.62. The topological polar surface area (TPSA) is 78.4 Å². The number of carbonyl (C=O) groups excluding carboxylic acids is 1. The highest BCUT2D eigenvalue weighted by molar-refractivity contribution is 5.82. The van der Waals surface area contributed by atoms with E-state index in [1.165, 1.54) is 0 Å². The largest absolute Gasteiger partial charge is 0.480 e. The molecule has 1 fully saturated rings. The average molecular weight is 242 g/mol. The molecule has 1 aliphatic rings. The number of amides is 1. The quantitative estimate of drug-likeness (QED) is 0.615. The highest BCUT2D eigenvalue weighted by Crippen LogP contribution is 2.19. The van der Waals surface area contributed by atoms with Crippen molar-refractivity contribution in [1.29, 1.82) is 0 Å². The fraction of sp³-hybridized carbons (Fsp3) is 0.833. The van der Waals surface area contributed by atoms with Crippen LogP contribution in [0.5, 0.6) is 0 Å². The van der Waals surface area contributed by atoms with Gasteiger partial charge in [0.1, 0.15) is 5.54 Å². The Morgan fingerprint density at radius 1 is 1.41 bits per heavy atom. The second-order valence-corrected chi connectivity index (χ2v) is 5.43. The molecule has 0 aliphatic heterocycles. The second-order valence-electron chi connectivity index (χ2n) is 5.43. The van der Waals surface area contributed by atoms with Gasteiger partial charge >= 0.3 is 5.97 Å². The van der Waals surface area contributed by atoms with Gasteiger partial charge in [-0.3, -0.25) is 14.9 Å². The SMILES string of the molecule is CC(C)CC(C)(NCC(=O)NC1CC1)C(=O)O. The number of carboxylic acids is 1. The van der Waals surface area contributed by atoms with Gasteiger partial charge in [-0.05, 0) is 32.1 Å². The summed E-state index contributed by atoms with van der Waals surface area (Å²) in [4.78, 5) is 22.7. The van der Waals surface area contributed by atoms with E-state index in [0.29, 0.717) is 12.5 Å². The summed E-state index contributed by atoms with van der Waals surface area (Å²) in [7, 11) is 0. The van der Waals surface area contributed by atoms with Gasteiger partial charge in [-0.15, -0.1) is 0 Å². The molecule has 1 rings (SSSR count). The predicted octanol–water partition coefficient (Wildman–Crippen LogP) is 0.744. The van der Waals surface area contributed by atoms with Crippen molar-refractivity contribution in [1.82, 2.24) is 10.6 Å². The van der Waals surface area contributed by atoms with Gasteiger partial charge in [-0.25, -0.2) is 0 Å². The van der Waals surface area contributed by atoms with Crippen molar-refractivity contribution in [2.24, 2.45) is 5.92 Å². The normalized spacial score (nSPS) is 18.8. The third-order valence-corrected chi connectivity index (χ3v) is 2.87. The Morgan fingerprint density at radius 2 is 2.00 bits per heavy atom. The molecule has 0 aromatic heterocycles. The summed E-state index contributed by atoms with van der Waals surface area (Å²) in [5.41, 5.74) is -1.03. The Kier molecular flexibility index (Phi) is 4.51. The van der Waals surface area contributed by atoms with Crippen LogP contribution < -0.4 is 10.6 Å². The Morgan fingerprint density at radius 3 is 2.41 bits per heavy atom. The Balaban J connectivity index is 2.42. The predicted molar refractivity (Wildman–Crippen MR) is 64.7 cm³/mol. The molecule has 0 spiro atoms. The molecule has 5 nitrogen and oxygen atoms in total. The highest BCUT2D eigenvalue weighted by atomic mass is 16.4. The van der Waals surface area contributed by atoms with E-state index in [9.17, 15) is 14.7 Å². The molecule has 0 heterocycles. The van der Waals surface area contributed by atoms with Crippen LogP contribution in [-0.2, 0) is 9.59 Å². The van der Waals surface area contributed by atoms with E-state index in [1.807, 2.05) is 13.8 Å². The van der Waals surface area contributed by atoms with Crippen LogP contribution in [0.3, 0.4) is 0 Å². The van der Waals surface area contributed by atoms with E-state index in [4.69, 9.17) is 0 Å². The summed E-state index contributed by atoms with van der Waals surface area (Å²) in [5, 5.41) is 14.9. The first-order valence-corrected chi connectivity index (χ1v) is 6.11. The van der Waals surface area contributed by atoms with E-state index in [0.717, 1.165) is 12.8 Å². The third kappa shape index (κ3) is 4.73. The van der Waals surface area contributed by atoms with E-state index in [2.05, 4.69) is 10.6 Å². The monoisotopic (exact) mass is 242 g/mol. The minimum Gasteiger partial charge on any atom is -0.480 e. The van der Waals surface area contributed by atoms with Crippen LogP contribution in [-0.4, -0.2) is 35.1 Å². The summed E-state index contributed by atoms with van der Waals surface area (Å²) in [5.74, 6) is -0.774. The zero-order valence-corrected chi connectivity index (χ0v) is 10.7. The maximum absolute atomic E-state index is 11.5. The van der Waals surface area contributed by atoms with Crippen molar-refractivity contribution < 1.29 is 14.7 Å². The van der Waals surface area contributed by atoms with Gasteiger partial charge in [-0.1, -0.05) is 13.8 Å². The van der Waals surface area contributed by atoms with Crippen LogP contribution in [0, 0.1) is 5.92 Å². The first kappa shape index (κ1) is 14.0. The van der Waals surface area contributed by atoms with Gasteiger partial charge in [0.2, 0.25) is 5.91 Å². The standard InChI is InChI=1S/C12H22N2O3/c1-8(2)6-12(3,11(16)17)13-7-10(15)14-9-4-5-9/h8-9,13H,4-7H2,1-3H3,(H,14,15)(H,16,17). The maximum atomic E-state index is 11.5. The fourth-order valence-corrected chi connectivity index (χ4v) is 1.83. The van der Waals surface area contributed by atoms with E-state index in [1.54, 1.807) is 6.92 Å². The molecule has 1 unspecified atom stereocenters. The Labute approximate surface area is 102 Å². The maximum Gasteiger partial charge on any atom is 0.323 e. The Bertz CT molecular complexity index is 300. The smallest absolute Gasteiger partial charge is 0.323 e. The minimum atomic E-state index is -1.03. The molecule has 3 N–H and O–H groups in total. The molecule has 17 heavy (non-hydrogen) atoms. The zero-order chi connectivity index (χ0) is 13.1. The lowest BCUT2D eigenvalue weighted by atomic mass is 9.91. The number of hydrogen-bond acceptors (Lipinski definition) is 3. The fourth-order valence-electron chi connectivity index (χ4n) is 1.83. The van der Waals surface area contributed by atoms with Crippen molar-refractivity contribution >= 4 is 11.9 Å². The molecular formula is C12H22N2O3. The number of aliphatic carboxylic acids is 1. The van der Waals surface area contributed by atoms with E-state index in [-0.39, 0.29) is 18.4 Å². The summed E-state index contributed by atoms with van der Waals surface area (Å²) in [6, 6.07) is 0.311. The number of carboxylic acid groups (broad SMARTS) is 1. The van der Waals surface area contributed by atoms with Crippen molar-refractivity contribution in [2.45, 2.75) is 51.6 Å². The molecular weight excluding hydrogens is 220 g/mol. The van der Waals surface area contributed by atoms with Crippen molar-refractivity contribution in [3.05, 3.63) is 0 Å². The summed E-state index contributed by atoms with van der Waals surface area (Å²) < 4.78 is 0. The van der Waals surface area contributed by atoms with Crippen LogP contribution in [0.25, 0.3) is 0 Å². The van der Waals surface area contributed by atoms with Crippen LogP contribution >= 0.6 is 0 Å². The first-order valence-electron chi connectivity index (χ1n) is 6.11. The van der Waals surface area contributed by atoms with Crippen LogP contribution in [0.2, 0.25) is 0 Å². The molecule has 1 aliphatic carbocycles. The Hall–Kier alpha value is -1.10. The van der Waals surface area contributed by atoms with Gasteiger partial charge in [0, 0.05) is 6.04 Å². The molecule has 0 aromatic carbocycles. The zero-order valence-electron chi connectivity index (χ0n) is 10.7. The number of nitrogens with one attached hydrogen (secondary N) is 2. The molecule has 0 bridgehead atoms. The van der Waals surface area contributed by atoms with Crippen LogP contribution in [0.15, 0.2) is 0 Å². The summed E-state index contributed by atoms with van der Waals surface area (Å²) in [6.07, 6.45) is 2.57.